The van der Waals surface area contributed by atoms with E-state index in [4.69, 9.17) is 4.74 Å². The van der Waals surface area contributed by atoms with Crippen molar-refractivity contribution >= 4 is 5.97 Å². The Hall–Kier alpha value is -0.690. The van der Waals surface area contributed by atoms with Gasteiger partial charge in [0.05, 0.1) is 12.5 Å². The first-order chi connectivity index (χ1) is 12.7. The monoisotopic (exact) mass is 366 g/mol. The van der Waals surface area contributed by atoms with Gasteiger partial charge in [0.1, 0.15) is 0 Å². The Morgan fingerprint density at radius 1 is 0.923 bits per heavy atom. The molecule has 0 aromatic carbocycles. The molecule has 26 heavy (non-hydrogen) atoms. The lowest BCUT2D eigenvalue weighted by Crippen LogP contribution is -2.54. The number of rotatable bonds is 6. The maximum absolute atomic E-state index is 12.0. The summed E-state index contributed by atoms with van der Waals surface area (Å²) in [6, 6.07) is 0.806. The highest BCUT2D eigenvalue weighted by Crippen LogP contribution is 2.19. The maximum Gasteiger partial charge on any atom is 0.310 e. The summed E-state index contributed by atoms with van der Waals surface area (Å²) in [6.45, 7) is 14.0. The highest BCUT2D eigenvalue weighted by Gasteiger charge is 2.28. The highest BCUT2D eigenvalue weighted by atomic mass is 16.5. The average Bonchev–Trinajstić information content (AvgIpc) is 2.68. The number of likely N-dealkylation sites (tertiary alicyclic amines) is 2. The molecule has 3 aliphatic rings. The molecule has 1 unspecified atom stereocenters. The predicted octanol–water partition coefficient (Wildman–Crippen LogP) is 0.973. The number of piperazine rings is 1. The van der Waals surface area contributed by atoms with Crippen molar-refractivity contribution in [3.8, 4) is 0 Å². The van der Waals surface area contributed by atoms with E-state index in [1.807, 2.05) is 6.92 Å². The van der Waals surface area contributed by atoms with E-state index >= 15 is 0 Å². The third-order valence-electron chi connectivity index (χ3n) is 6.47. The van der Waals surface area contributed by atoms with Crippen LogP contribution >= 0.6 is 0 Å². The second-order valence-electron chi connectivity index (χ2n) is 8.30. The van der Waals surface area contributed by atoms with Gasteiger partial charge in [0.15, 0.2) is 0 Å². The quantitative estimate of drug-likeness (QED) is 0.653. The summed E-state index contributed by atoms with van der Waals surface area (Å²) in [7, 11) is 2.24. The fourth-order valence-corrected chi connectivity index (χ4v) is 4.71. The normalized spacial score (nSPS) is 28.3. The largest absolute Gasteiger partial charge is 0.466 e. The number of hydrogen-bond acceptors (Lipinski definition) is 6. The van der Waals surface area contributed by atoms with Gasteiger partial charge in [0.2, 0.25) is 0 Å². The Morgan fingerprint density at radius 2 is 1.62 bits per heavy atom. The van der Waals surface area contributed by atoms with Gasteiger partial charge in [-0.3, -0.25) is 14.6 Å². The van der Waals surface area contributed by atoms with Crippen molar-refractivity contribution < 1.29 is 9.53 Å². The van der Waals surface area contributed by atoms with Crippen LogP contribution < -0.4 is 0 Å². The summed E-state index contributed by atoms with van der Waals surface area (Å²) >= 11 is 0. The van der Waals surface area contributed by atoms with E-state index in [1.165, 1.54) is 52.1 Å². The van der Waals surface area contributed by atoms with Crippen molar-refractivity contribution in [2.24, 2.45) is 5.92 Å². The van der Waals surface area contributed by atoms with Crippen molar-refractivity contribution in [2.45, 2.75) is 38.6 Å². The Balaban J connectivity index is 1.34. The van der Waals surface area contributed by atoms with E-state index in [9.17, 15) is 4.79 Å². The van der Waals surface area contributed by atoms with Gasteiger partial charge >= 0.3 is 5.97 Å². The minimum absolute atomic E-state index is 0.00365. The molecule has 0 aliphatic carbocycles. The molecule has 6 heteroatoms. The molecule has 0 amide bonds. The minimum Gasteiger partial charge on any atom is -0.466 e. The summed E-state index contributed by atoms with van der Waals surface area (Å²) in [4.78, 5) is 22.2. The fourth-order valence-electron chi connectivity index (χ4n) is 4.71. The van der Waals surface area contributed by atoms with Crippen molar-refractivity contribution in [1.82, 2.24) is 19.6 Å². The van der Waals surface area contributed by atoms with Crippen LogP contribution in [0.5, 0.6) is 0 Å². The molecule has 150 valence electrons. The first-order valence-corrected chi connectivity index (χ1v) is 10.7. The first-order valence-electron chi connectivity index (χ1n) is 10.7. The van der Waals surface area contributed by atoms with E-state index in [-0.39, 0.29) is 11.9 Å². The minimum atomic E-state index is 0.00365. The summed E-state index contributed by atoms with van der Waals surface area (Å²) in [6.07, 6.45) is 4.77. The van der Waals surface area contributed by atoms with Gasteiger partial charge in [0.25, 0.3) is 0 Å². The third kappa shape index (κ3) is 5.65. The van der Waals surface area contributed by atoms with Crippen LogP contribution in [0, 0.1) is 5.92 Å². The summed E-state index contributed by atoms with van der Waals surface area (Å²) in [5.41, 5.74) is 0. The molecule has 3 heterocycles. The van der Waals surface area contributed by atoms with Gasteiger partial charge < -0.3 is 14.5 Å². The van der Waals surface area contributed by atoms with Gasteiger partial charge in [-0.25, -0.2) is 0 Å². The van der Waals surface area contributed by atoms with E-state index in [0.29, 0.717) is 6.61 Å². The Kier molecular flexibility index (Phi) is 7.73. The van der Waals surface area contributed by atoms with Crippen LogP contribution in [0.1, 0.15) is 32.6 Å². The Morgan fingerprint density at radius 3 is 2.31 bits per heavy atom. The molecule has 0 saturated carbocycles. The first kappa shape index (κ1) is 20.1. The molecule has 0 aromatic rings. The van der Waals surface area contributed by atoms with E-state index in [2.05, 4.69) is 26.6 Å². The standard InChI is InChI=1S/C20H38N4O2/c1-3-26-20(25)18-5-4-8-23(17-18)12-11-22-13-15-24(16-14-22)19-6-9-21(2)10-7-19/h18-19H,3-17H2,1-2H3. The molecule has 6 nitrogen and oxygen atoms in total. The number of piperidine rings is 2. The Bertz CT molecular complexity index is 432. The number of carbonyl (C=O) groups is 1. The van der Waals surface area contributed by atoms with Crippen molar-refractivity contribution in [1.29, 1.82) is 0 Å². The molecule has 3 rings (SSSR count). The maximum atomic E-state index is 12.0. The molecular weight excluding hydrogens is 328 g/mol. The van der Waals surface area contributed by atoms with Crippen LogP contribution in [0.25, 0.3) is 0 Å². The zero-order chi connectivity index (χ0) is 18.4. The SMILES string of the molecule is CCOC(=O)C1CCCN(CCN2CCN(C3CCN(C)CC3)CC2)C1. The lowest BCUT2D eigenvalue weighted by Gasteiger charge is -2.42. The van der Waals surface area contributed by atoms with Crippen LogP contribution in [0.4, 0.5) is 0 Å². The molecule has 0 N–H and O–H groups in total. The highest BCUT2D eigenvalue weighted by molar-refractivity contribution is 5.72. The van der Waals surface area contributed by atoms with Crippen molar-refractivity contribution in [3.63, 3.8) is 0 Å². The topological polar surface area (TPSA) is 39.3 Å². The average molecular weight is 367 g/mol. The number of ether oxygens (including phenoxy) is 1. The van der Waals surface area contributed by atoms with Gasteiger partial charge in [-0.1, -0.05) is 0 Å². The van der Waals surface area contributed by atoms with E-state index in [0.717, 1.165) is 45.1 Å². The summed E-state index contributed by atoms with van der Waals surface area (Å²) < 4.78 is 5.22. The molecule has 3 saturated heterocycles. The number of hydrogen-bond donors (Lipinski definition) is 0. The lowest BCUT2D eigenvalue weighted by molar-refractivity contribution is -0.149. The molecule has 3 fully saturated rings. The van der Waals surface area contributed by atoms with E-state index < -0.39 is 0 Å². The zero-order valence-corrected chi connectivity index (χ0v) is 16.9. The van der Waals surface area contributed by atoms with Gasteiger partial charge in [0, 0.05) is 51.9 Å². The predicted molar refractivity (Wildman–Crippen MR) is 104 cm³/mol. The Labute approximate surface area is 159 Å². The molecule has 0 aromatic heterocycles. The van der Waals surface area contributed by atoms with Crippen molar-refractivity contribution in [3.05, 3.63) is 0 Å². The summed E-state index contributed by atoms with van der Waals surface area (Å²) in [5.74, 6) is 0.0916. The van der Waals surface area contributed by atoms with Crippen LogP contribution in [0.2, 0.25) is 0 Å². The third-order valence-corrected chi connectivity index (χ3v) is 6.47. The van der Waals surface area contributed by atoms with Crippen LogP contribution in [-0.4, -0.2) is 111 Å². The van der Waals surface area contributed by atoms with Gasteiger partial charge in [-0.2, -0.15) is 0 Å². The molecule has 0 radical (unpaired) electrons. The molecule has 1 atom stereocenters. The smallest absolute Gasteiger partial charge is 0.310 e. The second kappa shape index (κ2) is 10.0. The molecular formula is C20H38N4O2. The second-order valence-corrected chi connectivity index (χ2v) is 8.30. The van der Waals surface area contributed by atoms with Gasteiger partial charge in [-0.15, -0.1) is 0 Å². The number of esters is 1. The molecule has 0 spiro atoms. The molecule has 3 aliphatic heterocycles. The van der Waals surface area contributed by atoms with Crippen LogP contribution in [-0.2, 0) is 9.53 Å². The summed E-state index contributed by atoms with van der Waals surface area (Å²) in [5, 5.41) is 0. The van der Waals surface area contributed by atoms with E-state index in [1.54, 1.807) is 0 Å². The zero-order valence-electron chi connectivity index (χ0n) is 16.9. The molecule has 0 bridgehead atoms. The van der Waals surface area contributed by atoms with Crippen molar-refractivity contribution in [2.75, 3.05) is 79.1 Å². The number of nitrogens with zero attached hydrogens (tertiary/aromatic N) is 4. The van der Waals surface area contributed by atoms with Crippen LogP contribution in [0.15, 0.2) is 0 Å². The number of carbonyl (C=O) groups excluding carboxylic acids is 1. The van der Waals surface area contributed by atoms with Gasteiger partial charge in [-0.05, 0) is 59.3 Å². The fraction of sp³-hybridized carbons (Fsp3) is 0.950. The van der Waals surface area contributed by atoms with Crippen LogP contribution in [0.3, 0.4) is 0 Å². The lowest BCUT2D eigenvalue weighted by atomic mass is 9.98.